The molecule has 1 amide bonds. The summed E-state index contributed by atoms with van der Waals surface area (Å²) in [5, 5.41) is 5.02. The van der Waals surface area contributed by atoms with Crippen molar-refractivity contribution in [2.24, 2.45) is 0 Å². The summed E-state index contributed by atoms with van der Waals surface area (Å²) in [6.07, 6.45) is 0.713. The molecule has 4 heteroatoms. The number of fused-ring (bicyclic) bond motifs is 3. The number of benzene rings is 3. The Balaban J connectivity index is 1.72. The number of ether oxygens (including phenoxy) is 1. The van der Waals surface area contributed by atoms with Crippen LogP contribution in [-0.4, -0.2) is 13.0 Å². The number of amides is 1. The fourth-order valence-corrected chi connectivity index (χ4v) is 3.50. The zero-order chi connectivity index (χ0) is 18.8. The van der Waals surface area contributed by atoms with Crippen molar-refractivity contribution in [2.45, 2.75) is 19.3 Å². The van der Waals surface area contributed by atoms with Crippen LogP contribution in [0.3, 0.4) is 0 Å². The second-order valence-electron chi connectivity index (χ2n) is 6.51. The monoisotopic (exact) mass is 359 g/mol. The molecule has 4 aromatic rings. The largest absolute Gasteiger partial charge is 0.495 e. The highest BCUT2D eigenvalue weighted by Gasteiger charge is 2.21. The summed E-state index contributed by atoms with van der Waals surface area (Å²) in [4.78, 5) is 12.9. The van der Waals surface area contributed by atoms with Crippen molar-refractivity contribution in [3.8, 4) is 5.75 Å². The van der Waals surface area contributed by atoms with Gasteiger partial charge in [0.1, 0.15) is 16.9 Å². The molecule has 4 nitrogen and oxygen atoms in total. The molecule has 0 saturated heterocycles. The van der Waals surface area contributed by atoms with E-state index in [0.29, 0.717) is 17.9 Å². The highest BCUT2D eigenvalue weighted by atomic mass is 16.5. The third kappa shape index (κ3) is 3.14. The van der Waals surface area contributed by atoms with E-state index < -0.39 is 0 Å². The van der Waals surface area contributed by atoms with Crippen LogP contribution in [0.1, 0.15) is 24.8 Å². The fourth-order valence-electron chi connectivity index (χ4n) is 3.50. The second kappa shape index (κ2) is 7.16. The first-order valence-electron chi connectivity index (χ1n) is 9.06. The molecule has 0 bridgehead atoms. The average molecular weight is 359 g/mol. The number of carbonyl (C=O) groups excluding carboxylic acids is 1. The van der Waals surface area contributed by atoms with Gasteiger partial charge in [-0.3, -0.25) is 4.79 Å². The number of rotatable bonds is 5. The van der Waals surface area contributed by atoms with Crippen LogP contribution in [0.2, 0.25) is 0 Å². The molecule has 4 rings (SSSR count). The van der Waals surface area contributed by atoms with E-state index >= 15 is 0 Å². The SMILES string of the molecule is CC[C@H](C(=O)Nc1cc2oc3ccccc3c2cc1OC)c1ccccc1. The molecule has 136 valence electrons. The van der Waals surface area contributed by atoms with Gasteiger partial charge in [-0.25, -0.2) is 0 Å². The molecule has 0 saturated carbocycles. The first kappa shape index (κ1) is 17.2. The molecule has 0 aliphatic rings. The first-order chi connectivity index (χ1) is 13.2. The number of para-hydroxylation sites is 1. The lowest BCUT2D eigenvalue weighted by Crippen LogP contribution is -2.21. The number of nitrogens with one attached hydrogen (secondary N) is 1. The van der Waals surface area contributed by atoms with E-state index in [2.05, 4.69) is 5.32 Å². The third-order valence-corrected chi connectivity index (χ3v) is 4.88. The van der Waals surface area contributed by atoms with Crippen LogP contribution >= 0.6 is 0 Å². The molecule has 1 N–H and O–H groups in total. The number of carbonyl (C=O) groups is 1. The van der Waals surface area contributed by atoms with Crippen molar-refractivity contribution in [1.82, 2.24) is 0 Å². The number of anilines is 1. The molecule has 1 atom stereocenters. The summed E-state index contributed by atoms with van der Waals surface area (Å²) < 4.78 is 11.5. The first-order valence-corrected chi connectivity index (χ1v) is 9.06. The lowest BCUT2D eigenvalue weighted by Gasteiger charge is -2.17. The van der Waals surface area contributed by atoms with Crippen LogP contribution in [0, 0.1) is 0 Å². The van der Waals surface area contributed by atoms with Crippen LogP contribution < -0.4 is 10.1 Å². The minimum absolute atomic E-state index is 0.0579. The molecular weight excluding hydrogens is 338 g/mol. The summed E-state index contributed by atoms with van der Waals surface area (Å²) in [6, 6.07) is 21.4. The topological polar surface area (TPSA) is 51.5 Å². The second-order valence-corrected chi connectivity index (χ2v) is 6.51. The number of hydrogen-bond acceptors (Lipinski definition) is 3. The minimum Gasteiger partial charge on any atom is -0.495 e. The summed E-state index contributed by atoms with van der Waals surface area (Å²) in [5.74, 6) is 0.338. The number of methoxy groups -OCH3 is 1. The maximum absolute atomic E-state index is 12.9. The van der Waals surface area contributed by atoms with E-state index in [9.17, 15) is 4.79 Å². The van der Waals surface area contributed by atoms with Crippen molar-refractivity contribution in [3.05, 3.63) is 72.3 Å². The molecule has 27 heavy (non-hydrogen) atoms. The maximum atomic E-state index is 12.9. The summed E-state index contributed by atoms with van der Waals surface area (Å²) in [7, 11) is 1.60. The van der Waals surface area contributed by atoms with Gasteiger partial charge in [0.2, 0.25) is 5.91 Å². The van der Waals surface area contributed by atoms with Crippen LogP contribution in [-0.2, 0) is 4.79 Å². The van der Waals surface area contributed by atoms with Crippen molar-refractivity contribution in [2.75, 3.05) is 12.4 Å². The Morgan fingerprint density at radius 1 is 1.00 bits per heavy atom. The van der Waals surface area contributed by atoms with E-state index in [4.69, 9.17) is 9.15 Å². The van der Waals surface area contributed by atoms with Crippen LogP contribution in [0.15, 0.2) is 71.1 Å². The Labute approximate surface area is 157 Å². The van der Waals surface area contributed by atoms with Gasteiger partial charge in [-0.2, -0.15) is 0 Å². The van der Waals surface area contributed by atoms with Gasteiger partial charge in [-0.1, -0.05) is 55.5 Å². The zero-order valence-corrected chi connectivity index (χ0v) is 15.4. The van der Waals surface area contributed by atoms with Crippen molar-refractivity contribution >= 4 is 33.5 Å². The fraction of sp³-hybridized carbons (Fsp3) is 0.174. The quantitative estimate of drug-likeness (QED) is 0.495. The summed E-state index contributed by atoms with van der Waals surface area (Å²) in [5.41, 5.74) is 3.15. The van der Waals surface area contributed by atoms with Crippen LogP contribution in [0.4, 0.5) is 5.69 Å². The van der Waals surface area contributed by atoms with E-state index in [1.807, 2.05) is 73.7 Å². The summed E-state index contributed by atoms with van der Waals surface area (Å²) in [6.45, 7) is 2.01. The third-order valence-electron chi connectivity index (χ3n) is 4.88. The summed E-state index contributed by atoms with van der Waals surface area (Å²) >= 11 is 0. The molecule has 3 aromatic carbocycles. The molecule has 0 spiro atoms. The van der Waals surface area contributed by atoms with Gasteiger partial charge in [0.25, 0.3) is 0 Å². The minimum atomic E-state index is -0.220. The molecule has 0 radical (unpaired) electrons. The predicted octanol–water partition coefficient (Wildman–Crippen LogP) is 5.73. The molecule has 0 fully saturated rings. The normalized spacial score (nSPS) is 12.2. The Kier molecular flexibility index (Phi) is 4.55. The highest BCUT2D eigenvalue weighted by Crippen LogP contribution is 2.37. The Hall–Kier alpha value is -3.27. The lowest BCUT2D eigenvalue weighted by atomic mass is 9.95. The van der Waals surface area contributed by atoms with Gasteiger partial charge in [0.15, 0.2) is 0 Å². The maximum Gasteiger partial charge on any atom is 0.232 e. The lowest BCUT2D eigenvalue weighted by molar-refractivity contribution is -0.117. The molecule has 1 heterocycles. The molecular formula is C23H21NO3. The van der Waals surface area contributed by atoms with Gasteiger partial charge in [-0.05, 0) is 24.1 Å². The number of furan rings is 1. The molecule has 0 aliphatic carbocycles. The van der Waals surface area contributed by atoms with Crippen molar-refractivity contribution in [3.63, 3.8) is 0 Å². The van der Waals surface area contributed by atoms with Gasteiger partial charge >= 0.3 is 0 Å². The molecule has 0 aliphatic heterocycles. The van der Waals surface area contributed by atoms with E-state index in [0.717, 1.165) is 27.5 Å². The Bertz CT molecular complexity index is 1100. The van der Waals surface area contributed by atoms with Crippen molar-refractivity contribution in [1.29, 1.82) is 0 Å². The van der Waals surface area contributed by atoms with E-state index in [-0.39, 0.29) is 11.8 Å². The number of hydrogen-bond donors (Lipinski definition) is 1. The highest BCUT2D eigenvalue weighted by molar-refractivity contribution is 6.08. The smallest absolute Gasteiger partial charge is 0.232 e. The van der Waals surface area contributed by atoms with Crippen LogP contribution in [0.25, 0.3) is 21.9 Å². The van der Waals surface area contributed by atoms with Crippen LogP contribution in [0.5, 0.6) is 5.75 Å². The predicted molar refractivity (Wildman–Crippen MR) is 108 cm³/mol. The van der Waals surface area contributed by atoms with E-state index in [1.54, 1.807) is 7.11 Å². The Morgan fingerprint density at radius 2 is 1.74 bits per heavy atom. The standard InChI is InChI=1S/C23H21NO3/c1-3-16(15-9-5-4-6-10-15)23(25)24-19-14-21-18(13-22(19)26-2)17-11-7-8-12-20(17)27-21/h4-14,16H,3H2,1-2H3,(H,24,25)/t16-/m0/s1. The van der Waals surface area contributed by atoms with Gasteiger partial charge in [0.05, 0.1) is 18.7 Å². The van der Waals surface area contributed by atoms with Crippen molar-refractivity contribution < 1.29 is 13.9 Å². The molecule has 0 unspecified atom stereocenters. The average Bonchev–Trinajstić information content (AvgIpc) is 3.06. The van der Waals surface area contributed by atoms with Gasteiger partial charge < -0.3 is 14.5 Å². The molecule has 1 aromatic heterocycles. The van der Waals surface area contributed by atoms with E-state index in [1.165, 1.54) is 0 Å². The van der Waals surface area contributed by atoms with Gasteiger partial charge in [0, 0.05) is 16.8 Å². The van der Waals surface area contributed by atoms with Gasteiger partial charge in [-0.15, -0.1) is 0 Å². The Morgan fingerprint density at radius 3 is 2.48 bits per heavy atom. The zero-order valence-electron chi connectivity index (χ0n) is 15.4.